The molecule has 0 atom stereocenters. The van der Waals surface area contributed by atoms with E-state index in [0.717, 1.165) is 0 Å². The first-order chi connectivity index (χ1) is 3.33. The monoisotopic (exact) mass is 103 g/mol. The summed E-state index contributed by atoms with van der Waals surface area (Å²) in [5.74, 6) is 0. The summed E-state index contributed by atoms with van der Waals surface area (Å²) in [5.41, 5.74) is 4.67. The molecule has 0 saturated carbocycles. The van der Waals surface area contributed by atoms with Crippen molar-refractivity contribution in [2.75, 3.05) is 6.54 Å². The third kappa shape index (κ3) is 1750. The van der Waals surface area contributed by atoms with E-state index in [1.807, 2.05) is 0 Å². The van der Waals surface area contributed by atoms with Crippen molar-refractivity contribution in [1.29, 1.82) is 5.26 Å². The molecule has 0 amide bonds. The maximum Gasteiger partial charge on any atom is 0.0815 e. The van der Waals surface area contributed by atoms with E-state index in [1.54, 1.807) is 6.07 Å². The van der Waals surface area contributed by atoms with Crippen LogP contribution in [0.4, 0.5) is 0 Å². The van der Waals surface area contributed by atoms with Crippen LogP contribution in [0.5, 0.6) is 0 Å². The van der Waals surface area contributed by atoms with Crippen molar-refractivity contribution >= 4 is 0 Å². The summed E-state index contributed by atoms with van der Waals surface area (Å²) < 4.78 is 0. The van der Waals surface area contributed by atoms with Crippen LogP contribution in [0, 0.1) is 21.4 Å². The van der Waals surface area contributed by atoms with Gasteiger partial charge in [-0.25, -0.2) is 0 Å². The first-order valence-corrected chi connectivity index (χ1v) is 1.39. The molecule has 0 spiro atoms. The number of nitriles is 1. The molecule has 0 aromatic heterocycles. The number of nitrogens with one attached hydrogen (secondary N) is 1. The molecule has 0 aromatic carbocycles. The summed E-state index contributed by atoms with van der Waals surface area (Å²) in [6.07, 6.45) is 0. The molecule has 0 rings (SSSR count). The Labute approximate surface area is 40.3 Å². The van der Waals surface area contributed by atoms with Crippen LogP contribution in [-0.4, -0.2) is 6.54 Å². The van der Waals surface area contributed by atoms with Gasteiger partial charge in [0.2, 0.25) is 0 Å². The second-order valence-electron chi connectivity index (χ2n) is 0.446. The summed E-state index contributed by atoms with van der Waals surface area (Å²) in [6.45, 7) is 0.125. The Kier molecular flexibility index (Phi) is 27.9. The van der Waals surface area contributed by atoms with Gasteiger partial charge in [-0.1, -0.05) is 0 Å². The Morgan fingerprint density at radius 3 is 2.14 bits per heavy atom. The van der Waals surface area contributed by atoms with Gasteiger partial charge < -0.3 is 5.73 Å². The van der Waals surface area contributed by atoms with Crippen LogP contribution in [0.25, 0.3) is 0 Å². The highest BCUT2D eigenvalue weighted by Gasteiger charge is 1.48. The Bertz CT molecular complexity index is 65.8. The zero-order chi connectivity index (χ0) is 6.12. The van der Waals surface area contributed by atoms with Crippen LogP contribution >= 0.6 is 0 Å². The SMILES string of the molecule is N#CCN.O=[NH+][O-]. The molecule has 0 heterocycles. The molecule has 0 unspecified atom stereocenters. The Morgan fingerprint density at radius 1 is 2.00 bits per heavy atom. The number of hydrogen-bond donors (Lipinski definition) is 2. The highest BCUT2D eigenvalue weighted by atomic mass is 16.6. The van der Waals surface area contributed by atoms with Crippen LogP contribution < -0.4 is 11.1 Å². The van der Waals surface area contributed by atoms with Gasteiger partial charge in [-0.15, -0.1) is 0 Å². The summed E-state index contributed by atoms with van der Waals surface area (Å²) in [6, 6.07) is 1.71. The number of hydrogen-bond acceptors (Lipinski definition) is 4. The lowest BCUT2D eigenvalue weighted by Gasteiger charge is -1.51. The Morgan fingerprint density at radius 2 is 2.14 bits per heavy atom. The molecule has 0 bridgehead atoms. The van der Waals surface area contributed by atoms with Gasteiger partial charge >= 0.3 is 0 Å². The van der Waals surface area contributed by atoms with Crippen molar-refractivity contribution < 1.29 is 5.34 Å². The summed E-state index contributed by atoms with van der Waals surface area (Å²) in [4.78, 5) is 8.12. The lowest BCUT2D eigenvalue weighted by Crippen LogP contribution is -2.53. The van der Waals surface area contributed by atoms with E-state index in [9.17, 15) is 0 Å². The van der Waals surface area contributed by atoms with Crippen molar-refractivity contribution in [3.05, 3.63) is 10.1 Å². The van der Waals surface area contributed by atoms with Gasteiger partial charge in [-0.05, 0) is 0 Å². The third-order valence-electron chi connectivity index (χ3n) is 0.0913. The molecule has 3 N–H and O–H groups in total. The molecule has 0 aromatic rings. The number of nitrogens with zero attached hydrogens (tertiary/aromatic N) is 1. The van der Waals surface area contributed by atoms with E-state index in [4.69, 9.17) is 15.4 Å². The van der Waals surface area contributed by atoms with Crippen LogP contribution in [-0.2, 0) is 0 Å². The normalized spacial score (nSPS) is 4.57. The molecule has 5 nitrogen and oxygen atoms in total. The van der Waals surface area contributed by atoms with E-state index in [2.05, 4.69) is 5.73 Å². The largest absolute Gasteiger partial charge is 0.318 e. The molecule has 0 radical (unpaired) electrons. The standard InChI is InChI=1S/C2H4N2.HNO2/c3-1-2-4;2-1-3/h1,3H2;1H. The summed E-state index contributed by atoms with van der Waals surface area (Å²) in [7, 11) is 0. The fourth-order valence-corrected chi connectivity index (χ4v) is 0. The Balaban J connectivity index is 0. The van der Waals surface area contributed by atoms with Gasteiger partial charge in [0.05, 0.1) is 12.6 Å². The van der Waals surface area contributed by atoms with Crippen LogP contribution in [0.1, 0.15) is 0 Å². The molecule has 40 valence electrons. The van der Waals surface area contributed by atoms with E-state index in [-0.39, 0.29) is 11.9 Å². The van der Waals surface area contributed by atoms with Crippen molar-refractivity contribution in [3.8, 4) is 6.07 Å². The first-order valence-electron chi connectivity index (χ1n) is 1.39. The molecule has 0 fully saturated rings. The minimum atomic E-state index is 0.125. The molecule has 0 saturated heterocycles. The van der Waals surface area contributed by atoms with Crippen molar-refractivity contribution in [2.45, 2.75) is 0 Å². The highest BCUT2D eigenvalue weighted by molar-refractivity contribution is 4.67. The van der Waals surface area contributed by atoms with Gasteiger partial charge in [0.25, 0.3) is 0 Å². The fraction of sp³-hybridized carbons (Fsp3) is 0.500. The van der Waals surface area contributed by atoms with Gasteiger partial charge in [-0.2, -0.15) is 5.26 Å². The van der Waals surface area contributed by atoms with Crippen LogP contribution in [0.3, 0.4) is 0 Å². The summed E-state index contributed by atoms with van der Waals surface area (Å²) in [5, 5.41) is 15.9. The van der Waals surface area contributed by atoms with E-state index in [1.165, 1.54) is 0 Å². The average Bonchev–Trinajstić information content (AvgIpc) is 1.69. The topological polar surface area (TPSA) is 104 Å². The zero-order valence-corrected chi connectivity index (χ0v) is 3.55. The fourth-order valence-electron chi connectivity index (χ4n) is 0. The van der Waals surface area contributed by atoms with E-state index >= 15 is 0 Å². The van der Waals surface area contributed by atoms with Crippen molar-refractivity contribution in [1.82, 2.24) is 0 Å². The molecule has 0 aliphatic carbocycles. The predicted octanol–water partition coefficient (Wildman–Crippen LogP) is -2.20. The second-order valence-corrected chi connectivity index (χ2v) is 0.446. The molecular formula is C2H5N3O2. The van der Waals surface area contributed by atoms with Crippen molar-refractivity contribution in [2.24, 2.45) is 5.73 Å². The van der Waals surface area contributed by atoms with E-state index in [0.29, 0.717) is 0 Å². The minimum absolute atomic E-state index is 0.125. The minimum Gasteiger partial charge on any atom is -0.318 e. The van der Waals surface area contributed by atoms with Gasteiger partial charge in [0, 0.05) is 5.34 Å². The van der Waals surface area contributed by atoms with Gasteiger partial charge in [0.1, 0.15) is 0 Å². The van der Waals surface area contributed by atoms with E-state index < -0.39 is 0 Å². The molecule has 0 aliphatic heterocycles. The maximum absolute atomic E-state index is 8.12. The summed E-state index contributed by atoms with van der Waals surface area (Å²) >= 11 is 0. The molecule has 5 heteroatoms. The number of rotatable bonds is 0. The van der Waals surface area contributed by atoms with Gasteiger partial charge in [0.15, 0.2) is 0 Å². The quantitative estimate of drug-likeness (QED) is 0.206. The van der Waals surface area contributed by atoms with Crippen molar-refractivity contribution in [3.63, 3.8) is 0 Å². The average molecular weight is 103 g/mol. The Hall–Kier alpha value is -1.15. The predicted molar refractivity (Wildman–Crippen MR) is 22.4 cm³/mol. The second kappa shape index (κ2) is 21.0. The third-order valence-corrected chi connectivity index (χ3v) is 0.0913. The van der Waals surface area contributed by atoms with Crippen LogP contribution in [0.15, 0.2) is 0 Å². The molecule has 0 aliphatic rings. The zero-order valence-electron chi connectivity index (χ0n) is 3.55. The lowest BCUT2D eigenvalue weighted by molar-refractivity contribution is -0.398. The first kappa shape index (κ1) is 9.28. The number of nitrogens with two attached hydrogens (primary N) is 1. The smallest absolute Gasteiger partial charge is 0.0815 e. The molecular weight excluding hydrogens is 98.0 g/mol. The van der Waals surface area contributed by atoms with Gasteiger partial charge in [-0.3, -0.25) is 10.1 Å². The molecule has 7 heavy (non-hydrogen) atoms. The maximum atomic E-state index is 8.12. The van der Waals surface area contributed by atoms with Crippen LogP contribution in [0.2, 0.25) is 0 Å². The highest BCUT2D eigenvalue weighted by Crippen LogP contribution is 1.25. The lowest BCUT2D eigenvalue weighted by atomic mass is 10.8.